The highest BCUT2D eigenvalue weighted by molar-refractivity contribution is 5.70. The maximum atomic E-state index is 9.34. The Hall–Kier alpha value is -2.35. The zero-order valence-electron chi connectivity index (χ0n) is 12.4. The van der Waals surface area contributed by atoms with Crippen molar-refractivity contribution in [1.29, 1.82) is 5.26 Å². The number of para-hydroxylation sites is 1. The van der Waals surface area contributed by atoms with Crippen LogP contribution in [0.2, 0.25) is 0 Å². The number of nitriles is 1. The van der Waals surface area contributed by atoms with Crippen LogP contribution in [0.3, 0.4) is 0 Å². The molecule has 112 valence electrons. The number of aliphatic hydroxyl groups is 1. The van der Waals surface area contributed by atoms with E-state index in [1.807, 2.05) is 48.5 Å². The summed E-state index contributed by atoms with van der Waals surface area (Å²) in [6, 6.07) is 18.0. The van der Waals surface area contributed by atoms with Crippen LogP contribution in [0.15, 0.2) is 48.5 Å². The molecule has 0 aliphatic carbocycles. The standard InChI is InChI=1S/C18H18N2O2/c1-22-17-5-3-2-4-14(17)12-6-8-13(9-7-12)18-15(10-19)20-16(18)11-21/h2-9,15-16,18,20-21H,11H2,1H3/t15-,16+,18+/m0/s1. The summed E-state index contributed by atoms with van der Waals surface area (Å²) in [6.07, 6.45) is 0. The molecule has 0 bridgehead atoms. The molecule has 3 atom stereocenters. The first kappa shape index (κ1) is 14.6. The number of aliphatic hydroxyl groups excluding tert-OH is 1. The van der Waals surface area contributed by atoms with Gasteiger partial charge in [0.05, 0.1) is 19.8 Å². The van der Waals surface area contributed by atoms with Crippen LogP contribution in [0.1, 0.15) is 11.5 Å². The number of rotatable bonds is 4. The van der Waals surface area contributed by atoms with E-state index in [9.17, 15) is 5.11 Å². The van der Waals surface area contributed by atoms with Gasteiger partial charge in [-0.05, 0) is 17.2 Å². The van der Waals surface area contributed by atoms with Crippen LogP contribution in [0.4, 0.5) is 0 Å². The lowest BCUT2D eigenvalue weighted by Crippen LogP contribution is -2.60. The summed E-state index contributed by atoms with van der Waals surface area (Å²) in [5.74, 6) is 0.880. The monoisotopic (exact) mass is 294 g/mol. The van der Waals surface area contributed by atoms with E-state index in [1.165, 1.54) is 0 Å². The minimum atomic E-state index is -0.228. The van der Waals surface area contributed by atoms with Gasteiger partial charge in [-0.1, -0.05) is 42.5 Å². The number of hydrogen-bond donors (Lipinski definition) is 2. The Bertz CT molecular complexity index is 691. The molecule has 1 heterocycles. The first-order chi connectivity index (χ1) is 10.8. The Labute approximate surface area is 130 Å². The maximum absolute atomic E-state index is 9.34. The third-order valence-corrected chi connectivity index (χ3v) is 4.24. The summed E-state index contributed by atoms with van der Waals surface area (Å²) in [6.45, 7) is 0.0388. The van der Waals surface area contributed by atoms with E-state index in [1.54, 1.807) is 7.11 Å². The van der Waals surface area contributed by atoms with Crippen molar-refractivity contribution in [3.8, 4) is 22.9 Å². The quantitative estimate of drug-likeness (QED) is 0.908. The second-order valence-electron chi connectivity index (χ2n) is 5.41. The van der Waals surface area contributed by atoms with Crippen molar-refractivity contribution >= 4 is 0 Å². The molecule has 2 aromatic carbocycles. The molecule has 3 rings (SSSR count). The van der Waals surface area contributed by atoms with Crippen LogP contribution >= 0.6 is 0 Å². The molecule has 0 unspecified atom stereocenters. The van der Waals surface area contributed by atoms with E-state index in [4.69, 9.17) is 10.00 Å². The van der Waals surface area contributed by atoms with E-state index >= 15 is 0 Å². The third kappa shape index (κ3) is 2.45. The van der Waals surface area contributed by atoms with E-state index in [-0.39, 0.29) is 24.6 Å². The van der Waals surface area contributed by atoms with E-state index in [2.05, 4.69) is 11.4 Å². The Kier molecular flexibility index (Phi) is 4.10. The van der Waals surface area contributed by atoms with E-state index < -0.39 is 0 Å². The summed E-state index contributed by atoms with van der Waals surface area (Å²) in [7, 11) is 1.66. The van der Waals surface area contributed by atoms with Crippen LogP contribution in [0, 0.1) is 11.3 Å². The molecule has 4 heteroatoms. The lowest BCUT2D eigenvalue weighted by molar-refractivity contribution is 0.151. The molecule has 0 aromatic heterocycles. The lowest BCUT2D eigenvalue weighted by atomic mass is 9.78. The summed E-state index contributed by atoms with van der Waals surface area (Å²) in [5.41, 5.74) is 3.18. The van der Waals surface area contributed by atoms with Crippen LogP contribution in [-0.2, 0) is 0 Å². The number of benzene rings is 2. The van der Waals surface area contributed by atoms with Crippen molar-refractivity contribution in [2.24, 2.45) is 0 Å². The number of nitrogens with one attached hydrogen (secondary N) is 1. The molecule has 1 aliphatic heterocycles. The maximum Gasteiger partial charge on any atom is 0.126 e. The Morgan fingerprint density at radius 3 is 2.55 bits per heavy atom. The highest BCUT2D eigenvalue weighted by Gasteiger charge is 2.41. The lowest BCUT2D eigenvalue weighted by Gasteiger charge is -2.41. The third-order valence-electron chi connectivity index (χ3n) is 4.24. The van der Waals surface area contributed by atoms with Crippen molar-refractivity contribution in [2.75, 3.05) is 13.7 Å². The van der Waals surface area contributed by atoms with Gasteiger partial charge < -0.3 is 9.84 Å². The first-order valence-electron chi connectivity index (χ1n) is 7.28. The van der Waals surface area contributed by atoms with E-state index in [0.29, 0.717) is 0 Å². The fourth-order valence-electron chi connectivity index (χ4n) is 3.03. The Morgan fingerprint density at radius 1 is 1.18 bits per heavy atom. The van der Waals surface area contributed by atoms with Gasteiger partial charge in [0.2, 0.25) is 0 Å². The van der Waals surface area contributed by atoms with Gasteiger partial charge in [-0.25, -0.2) is 0 Å². The zero-order valence-corrected chi connectivity index (χ0v) is 12.4. The van der Waals surface area contributed by atoms with Gasteiger partial charge in [-0.15, -0.1) is 0 Å². The minimum absolute atomic E-state index is 0.0388. The highest BCUT2D eigenvalue weighted by atomic mass is 16.5. The molecule has 22 heavy (non-hydrogen) atoms. The van der Waals surface area contributed by atoms with Crippen molar-refractivity contribution in [3.05, 3.63) is 54.1 Å². The van der Waals surface area contributed by atoms with Crippen LogP contribution in [-0.4, -0.2) is 30.9 Å². The van der Waals surface area contributed by atoms with Crippen molar-refractivity contribution in [3.63, 3.8) is 0 Å². The second-order valence-corrected chi connectivity index (χ2v) is 5.41. The van der Waals surface area contributed by atoms with Crippen LogP contribution in [0.25, 0.3) is 11.1 Å². The van der Waals surface area contributed by atoms with Crippen LogP contribution in [0.5, 0.6) is 5.75 Å². The molecular formula is C18H18N2O2. The van der Waals surface area contributed by atoms with Gasteiger partial charge >= 0.3 is 0 Å². The number of methoxy groups -OCH3 is 1. The molecule has 1 fully saturated rings. The van der Waals surface area contributed by atoms with Gasteiger partial charge in [0.15, 0.2) is 0 Å². The molecule has 4 nitrogen and oxygen atoms in total. The summed E-state index contributed by atoms with van der Waals surface area (Å²) in [5, 5.41) is 21.5. The average molecular weight is 294 g/mol. The highest BCUT2D eigenvalue weighted by Crippen LogP contribution is 2.34. The van der Waals surface area contributed by atoms with Crippen molar-refractivity contribution < 1.29 is 9.84 Å². The summed E-state index contributed by atoms with van der Waals surface area (Å²) in [4.78, 5) is 0. The van der Waals surface area contributed by atoms with Gasteiger partial charge in [-0.3, -0.25) is 5.32 Å². The average Bonchev–Trinajstić information content (AvgIpc) is 2.55. The molecule has 1 aliphatic rings. The van der Waals surface area contributed by atoms with Gasteiger partial charge in [0.1, 0.15) is 11.8 Å². The van der Waals surface area contributed by atoms with Crippen LogP contribution < -0.4 is 10.1 Å². The van der Waals surface area contributed by atoms with E-state index in [0.717, 1.165) is 22.4 Å². The minimum Gasteiger partial charge on any atom is -0.496 e. The number of hydrogen-bond acceptors (Lipinski definition) is 4. The smallest absolute Gasteiger partial charge is 0.126 e. The number of ether oxygens (including phenoxy) is 1. The van der Waals surface area contributed by atoms with Crippen molar-refractivity contribution in [1.82, 2.24) is 5.32 Å². The van der Waals surface area contributed by atoms with Crippen molar-refractivity contribution in [2.45, 2.75) is 18.0 Å². The number of nitrogens with zero attached hydrogens (tertiary/aromatic N) is 1. The van der Waals surface area contributed by atoms with Gasteiger partial charge in [0, 0.05) is 17.5 Å². The Balaban J connectivity index is 1.88. The molecule has 0 amide bonds. The largest absolute Gasteiger partial charge is 0.496 e. The molecule has 0 saturated carbocycles. The molecule has 0 radical (unpaired) electrons. The predicted molar refractivity (Wildman–Crippen MR) is 84.6 cm³/mol. The molecule has 2 aromatic rings. The second kappa shape index (κ2) is 6.18. The van der Waals surface area contributed by atoms with Gasteiger partial charge in [-0.2, -0.15) is 5.26 Å². The SMILES string of the molecule is COc1ccccc1-c1ccc([C@@H]2[C@H](C#N)N[C@@H]2CO)cc1. The summed E-state index contributed by atoms with van der Waals surface area (Å²) >= 11 is 0. The first-order valence-corrected chi connectivity index (χ1v) is 7.28. The predicted octanol–water partition coefficient (Wildman–Crippen LogP) is 2.30. The molecule has 0 spiro atoms. The molecule has 2 N–H and O–H groups in total. The molecular weight excluding hydrogens is 276 g/mol. The van der Waals surface area contributed by atoms with Gasteiger partial charge in [0.25, 0.3) is 0 Å². The molecule has 1 saturated heterocycles. The zero-order chi connectivity index (χ0) is 15.5. The Morgan fingerprint density at radius 2 is 1.91 bits per heavy atom. The normalized spacial score (nSPS) is 23.4. The fraction of sp³-hybridized carbons (Fsp3) is 0.278. The summed E-state index contributed by atoms with van der Waals surface area (Å²) < 4.78 is 5.39. The topological polar surface area (TPSA) is 65.3 Å². The fourth-order valence-corrected chi connectivity index (χ4v) is 3.03.